The molecule has 0 bridgehead atoms. The smallest absolute Gasteiger partial charge is 0.318 e. The van der Waals surface area contributed by atoms with Crippen LogP contribution in [0.3, 0.4) is 0 Å². The second-order valence-corrected chi connectivity index (χ2v) is 8.64. The molecule has 8 nitrogen and oxygen atoms in total. The molecule has 0 radical (unpaired) electrons. The standard InChI is InChI=1S/C15H20O8S3/c1-9(16)24-6-4-12(19)22-14(21)8-15(26-11(3)18)23-13(20)5-7-25-10(2)17/h15H,4-8H2,1-3H3. The summed E-state index contributed by atoms with van der Waals surface area (Å²) in [6.45, 7) is 3.97. The van der Waals surface area contributed by atoms with Gasteiger partial charge in [0.25, 0.3) is 0 Å². The number of hydrogen-bond acceptors (Lipinski definition) is 11. The molecule has 0 aliphatic carbocycles. The number of thioether (sulfide) groups is 3. The SMILES string of the molecule is CC(=O)SCCC(=O)OC(=O)CC(OC(=O)CCSC(C)=O)SC(C)=O. The van der Waals surface area contributed by atoms with Crippen LogP contribution < -0.4 is 0 Å². The summed E-state index contributed by atoms with van der Waals surface area (Å²) in [5.74, 6) is -2.00. The first-order valence-electron chi connectivity index (χ1n) is 7.47. The Bertz CT molecular complexity index is 561. The molecule has 0 N–H and O–H groups in total. The highest BCUT2D eigenvalue weighted by Crippen LogP contribution is 2.19. The van der Waals surface area contributed by atoms with Crippen LogP contribution in [-0.2, 0) is 38.2 Å². The zero-order valence-electron chi connectivity index (χ0n) is 14.6. The third-order valence-electron chi connectivity index (χ3n) is 2.34. The second-order valence-electron chi connectivity index (χ2n) is 4.76. The highest BCUT2D eigenvalue weighted by atomic mass is 32.2. The Hall–Kier alpha value is -1.33. The molecule has 0 amide bonds. The number of carbonyl (C=O) groups is 6. The molecule has 0 heterocycles. The van der Waals surface area contributed by atoms with Crippen molar-refractivity contribution >= 4 is 68.5 Å². The summed E-state index contributed by atoms with van der Waals surface area (Å²) >= 11 is 2.52. The molecule has 0 saturated carbocycles. The predicted molar refractivity (Wildman–Crippen MR) is 99.4 cm³/mol. The lowest BCUT2D eigenvalue weighted by Gasteiger charge is -2.15. The van der Waals surface area contributed by atoms with E-state index in [1.165, 1.54) is 20.8 Å². The van der Waals surface area contributed by atoms with E-state index in [1.807, 2.05) is 0 Å². The minimum atomic E-state index is -1.12. The lowest BCUT2D eigenvalue weighted by Crippen LogP contribution is -2.23. The summed E-state index contributed by atoms with van der Waals surface area (Å²) in [6.07, 6.45) is -0.653. The largest absolute Gasteiger partial charge is 0.450 e. The quantitative estimate of drug-likeness (QED) is 0.290. The number of carbonyl (C=O) groups excluding carboxylic acids is 6. The van der Waals surface area contributed by atoms with Crippen molar-refractivity contribution in [3.63, 3.8) is 0 Å². The van der Waals surface area contributed by atoms with Crippen LogP contribution in [0.2, 0.25) is 0 Å². The fraction of sp³-hybridized carbons (Fsp3) is 0.600. The van der Waals surface area contributed by atoms with E-state index < -0.39 is 29.8 Å². The Morgan fingerprint density at radius 2 is 1.23 bits per heavy atom. The fourth-order valence-corrected chi connectivity index (χ4v) is 3.27. The van der Waals surface area contributed by atoms with Crippen molar-refractivity contribution in [2.45, 2.75) is 45.5 Å². The zero-order chi connectivity index (χ0) is 20.1. The average Bonchev–Trinajstić information content (AvgIpc) is 2.44. The molecule has 26 heavy (non-hydrogen) atoms. The molecule has 0 aromatic heterocycles. The van der Waals surface area contributed by atoms with Crippen molar-refractivity contribution in [1.82, 2.24) is 0 Å². The number of ether oxygens (including phenoxy) is 2. The first-order chi connectivity index (χ1) is 12.1. The number of esters is 3. The maximum atomic E-state index is 11.7. The van der Waals surface area contributed by atoms with Crippen molar-refractivity contribution in [3.8, 4) is 0 Å². The van der Waals surface area contributed by atoms with Gasteiger partial charge < -0.3 is 9.47 Å². The topological polar surface area (TPSA) is 121 Å². The van der Waals surface area contributed by atoms with E-state index in [0.717, 1.165) is 23.5 Å². The molecule has 0 fully saturated rings. The Kier molecular flexibility index (Phi) is 13.1. The highest BCUT2D eigenvalue weighted by Gasteiger charge is 2.23. The summed E-state index contributed by atoms with van der Waals surface area (Å²) in [5, 5.41) is -0.674. The molecule has 0 rings (SSSR count). The van der Waals surface area contributed by atoms with Gasteiger partial charge >= 0.3 is 17.9 Å². The van der Waals surface area contributed by atoms with Gasteiger partial charge in [-0.2, -0.15) is 0 Å². The molecular formula is C15H20O8S3. The minimum absolute atomic E-state index is 0.0601. The summed E-state index contributed by atoms with van der Waals surface area (Å²) in [4.78, 5) is 67.7. The van der Waals surface area contributed by atoms with Gasteiger partial charge in [0.2, 0.25) is 0 Å². The van der Waals surface area contributed by atoms with E-state index in [-0.39, 0.29) is 39.7 Å². The second kappa shape index (κ2) is 13.8. The van der Waals surface area contributed by atoms with Crippen molar-refractivity contribution in [3.05, 3.63) is 0 Å². The first kappa shape index (κ1) is 24.7. The van der Waals surface area contributed by atoms with Gasteiger partial charge in [-0.05, 0) is 11.8 Å². The molecule has 0 saturated heterocycles. The Morgan fingerprint density at radius 1 is 0.731 bits per heavy atom. The third-order valence-corrected chi connectivity index (χ3v) is 4.83. The van der Waals surface area contributed by atoms with Crippen LogP contribution in [0.1, 0.15) is 40.0 Å². The molecule has 146 valence electrons. The van der Waals surface area contributed by atoms with Gasteiger partial charge in [0.15, 0.2) is 20.8 Å². The van der Waals surface area contributed by atoms with E-state index in [1.54, 1.807) is 0 Å². The van der Waals surface area contributed by atoms with Crippen molar-refractivity contribution < 1.29 is 38.2 Å². The fourth-order valence-electron chi connectivity index (χ4n) is 1.41. The van der Waals surface area contributed by atoms with E-state index in [9.17, 15) is 28.8 Å². The van der Waals surface area contributed by atoms with Crippen LogP contribution in [0.4, 0.5) is 0 Å². The van der Waals surface area contributed by atoms with E-state index in [2.05, 4.69) is 4.74 Å². The van der Waals surface area contributed by atoms with Gasteiger partial charge in [0.1, 0.15) is 0 Å². The molecule has 0 aromatic carbocycles. The Labute approximate surface area is 163 Å². The molecule has 0 spiro atoms. The molecule has 0 aliphatic heterocycles. The van der Waals surface area contributed by atoms with Gasteiger partial charge in [-0.1, -0.05) is 23.5 Å². The van der Waals surface area contributed by atoms with Crippen LogP contribution in [0.15, 0.2) is 0 Å². The van der Waals surface area contributed by atoms with Crippen molar-refractivity contribution in [2.75, 3.05) is 11.5 Å². The predicted octanol–water partition coefficient (Wildman–Crippen LogP) is 1.93. The van der Waals surface area contributed by atoms with Crippen LogP contribution in [0.5, 0.6) is 0 Å². The van der Waals surface area contributed by atoms with Gasteiger partial charge in [-0.15, -0.1) is 0 Å². The molecular weight excluding hydrogens is 404 g/mol. The maximum absolute atomic E-state index is 11.7. The normalized spacial score (nSPS) is 11.3. The van der Waals surface area contributed by atoms with Crippen LogP contribution in [0.25, 0.3) is 0 Å². The first-order valence-corrected chi connectivity index (χ1v) is 10.3. The number of rotatable bonds is 10. The van der Waals surface area contributed by atoms with Crippen molar-refractivity contribution in [2.24, 2.45) is 0 Å². The summed E-state index contributed by atoms with van der Waals surface area (Å²) in [6, 6.07) is 0. The lowest BCUT2D eigenvalue weighted by molar-refractivity contribution is -0.160. The summed E-state index contributed by atoms with van der Waals surface area (Å²) in [7, 11) is 0. The van der Waals surface area contributed by atoms with Crippen molar-refractivity contribution in [1.29, 1.82) is 0 Å². The molecule has 1 unspecified atom stereocenters. The summed E-state index contributed by atoms with van der Waals surface area (Å²) < 4.78 is 9.60. The minimum Gasteiger partial charge on any atom is -0.450 e. The van der Waals surface area contributed by atoms with Gasteiger partial charge in [0, 0.05) is 32.3 Å². The van der Waals surface area contributed by atoms with Gasteiger partial charge in [-0.3, -0.25) is 28.8 Å². The summed E-state index contributed by atoms with van der Waals surface area (Å²) in [5.41, 5.74) is -1.12. The molecule has 0 aliphatic rings. The average molecular weight is 425 g/mol. The van der Waals surface area contributed by atoms with E-state index in [4.69, 9.17) is 4.74 Å². The highest BCUT2D eigenvalue weighted by molar-refractivity contribution is 8.14. The monoisotopic (exact) mass is 424 g/mol. The Morgan fingerprint density at radius 3 is 1.69 bits per heavy atom. The van der Waals surface area contributed by atoms with Gasteiger partial charge in [-0.25, -0.2) is 0 Å². The van der Waals surface area contributed by atoms with E-state index in [0.29, 0.717) is 11.8 Å². The van der Waals surface area contributed by atoms with Crippen LogP contribution in [-0.4, -0.2) is 50.2 Å². The Balaban J connectivity index is 4.41. The third kappa shape index (κ3) is 15.0. The van der Waals surface area contributed by atoms with E-state index >= 15 is 0 Å². The van der Waals surface area contributed by atoms with Gasteiger partial charge in [0.05, 0.1) is 19.3 Å². The molecule has 1 atom stereocenters. The maximum Gasteiger partial charge on any atom is 0.318 e. The zero-order valence-corrected chi connectivity index (χ0v) is 17.1. The lowest BCUT2D eigenvalue weighted by atomic mass is 10.4. The molecule has 11 heteroatoms. The molecule has 0 aromatic rings. The van der Waals surface area contributed by atoms with Crippen LogP contribution >= 0.6 is 35.3 Å². The van der Waals surface area contributed by atoms with Crippen LogP contribution in [0, 0.1) is 0 Å². The number of hydrogen-bond donors (Lipinski definition) is 0.